The molecule has 0 saturated heterocycles. The van der Waals surface area contributed by atoms with Gasteiger partial charge in [-0.1, -0.05) is 53.6 Å². The van der Waals surface area contributed by atoms with Crippen molar-refractivity contribution in [2.24, 2.45) is 0 Å². The molecule has 0 aliphatic heterocycles. The van der Waals surface area contributed by atoms with E-state index in [2.05, 4.69) is 16.5 Å². The number of carboxylic acid groups (broad SMARTS) is 1. The molecule has 1 atom stereocenters. The van der Waals surface area contributed by atoms with Gasteiger partial charge < -0.3 is 10.4 Å². The van der Waals surface area contributed by atoms with E-state index in [1.54, 1.807) is 22.9 Å². The zero-order chi connectivity index (χ0) is 24.8. The molecule has 1 amide bonds. The fourth-order valence-corrected chi connectivity index (χ4v) is 4.06. The first-order valence-electron chi connectivity index (χ1n) is 10.4. The number of nitrogens with zero attached hydrogens (tertiary/aromatic N) is 3. The minimum absolute atomic E-state index is 0.0405. The zero-order valence-electron chi connectivity index (χ0n) is 18.5. The van der Waals surface area contributed by atoms with Crippen molar-refractivity contribution in [1.82, 2.24) is 15.1 Å². The number of aliphatic carboxylic acids is 1. The highest BCUT2D eigenvalue weighted by Gasteiger charge is 2.22. The third-order valence-corrected chi connectivity index (χ3v) is 5.94. The Morgan fingerprint density at radius 2 is 1.82 bits per heavy atom. The highest BCUT2D eigenvalue weighted by atomic mass is 35.5. The number of carbonyl (C=O) groups excluding carboxylic acids is 1. The molecule has 0 bridgehead atoms. The normalized spacial score (nSPS) is 11.9. The number of halogens is 2. The lowest BCUT2D eigenvalue weighted by Gasteiger charge is -2.14. The third-order valence-electron chi connectivity index (χ3n) is 5.31. The van der Waals surface area contributed by atoms with Crippen LogP contribution in [0.5, 0.6) is 0 Å². The fraction of sp³-hybridized carbons (Fsp3) is 0.200. The highest BCUT2D eigenvalue weighted by molar-refractivity contribution is 6.39. The lowest BCUT2D eigenvalue weighted by Crippen LogP contribution is -2.40. The summed E-state index contributed by atoms with van der Waals surface area (Å²) in [4.78, 5) is 24.2. The molecule has 1 aromatic heterocycles. The first-order valence-corrected chi connectivity index (χ1v) is 11.1. The number of amides is 1. The highest BCUT2D eigenvalue weighted by Crippen LogP contribution is 2.24. The Hall–Kier alpha value is -3.60. The standard InChI is InChI=1S/C25H22Cl2N4O3/c1-15-19(13-14-28)16(2)31(30-15)18-11-9-17(10-12-18)5-3-8-22(25(33)34)29-24(32)23-20(26)6-4-7-21(23)27/h3-7,9-12,22H,8,13H2,1-2H3,(H,29,32)(H,33,34)/b5-3+. The van der Waals surface area contributed by atoms with Crippen LogP contribution in [0, 0.1) is 25.2 Å². The van der Waals surface area contributed by atoms with E-state index in [0.717, 1.165) is 28.2 Å². The Labute approximate surface area is 207 Å². The molecule has 9 heteroatoms. The molecule has 1 unspecified atom stereocenters. The van der Waals surface area contributed by atoms with Crippen molar-refractivity contribution in [2.45, 2.75) is 32.7 Å². The van der Waals surface area contributed by atoms with E-state index in [9.17, 15) is 14.7 Å². The van der Waals surface area contributed by atoms with E-state index in [4.69, 9.17) is 28.5 Å². The van der Waals surface area contributed by atoms with Gasteiger partial charge >= 0.3 is 5.97 Å². The molecular formula is C25H22Cl2N4O3. The minimum Gasteiger partial charge on any atom is -0.480 e. The number of hydrogen-bond donors (Lipinski definition) is 2. The molecule has 1 heterocycles. The van der Waals surface area contributed by atoms with Crippen LogP contribution in [0.25, 0.3) is 11.8 Å². The molecule has 0 fully saturated rings. The molecule has 0 aliphatic carbocycles. The second-order valence-electron chi connectivity index (χ2n) is 7.59. The Balaban J connectivity index is 1.69. The second kappa shape index (κ2) is 11.0. The fourth-order valence-electron chi connectivity index (χ4n) is 3.49. The van der Waals surface area contributed by atoms with Crippen molar-refractivity contribution < 1.29 is 14.7 Å². The number of nitrogens with one attached hydrogen (secondary N) is 1. The quantitative estimate of drug-likeness (QED) is 0.448. The van der Waals surface area contributed by atoms with Crippen molar-refractivity contribution in [1.29, 1.82) is 5.26 Å². The van der Waals surface area contributed by atoms with Crippen LogP contribution < -0.4 is 5.32 Å². The smallest absolute Gasteiger partial charge is 0.326 e. The SMILES string of the molecule is Cc1nn(-c2ccc(/C=C/CC(NC(=O)c3c(Cl)cccc3Cl)C(=O)O)cc2)c(C)c1CC#N. The zero-order valence-corrected chi connectivity index (χ0v) is 20.1. The van der Waals surface area contributed by atoms with Crippen LogP contribution in [0.15, 0.2) is 48.5 Å². The van der Waals surface area contributed by atoms with Crippen molar-refractivity contribution in [2.75, 3.05) is 0 Å². The average molecular weight is 497 g/mol. The minimum atomic E-state index is -1.17. The molecule has 2 aromatic carbocycles. The second-order valence-corrected chi connectivity index (χ2v) is 8.40. The van der Waals surface area contributed by atoms with Crippen LogP contribution in [-0.2, 0) is 11.2 Å². The number of carbonyl (C=O) groups is 2. The van der Waals surface area contributed by atoms with Gasteiger partial charge in [0.1, 0.15) is 6.04 Å². The van der Waals surface area contributed by atoms with E-state index in [0.29, 0.717) is 6.42 Å². The van der Waals surface area contributed by atoms with E-state index < -0.39 is 17.9 Å². The molecule has 174 valence electrons. The summed E-state index contributed by atoms with van der Waals surface area (Å²) in [7, 11) is 0. The van der Waals surface area contributed by atoms with Gasteiger partial charge in [-0.3, -0.25) is 4.79 Å². The van der Waals surface area contributed by atoms with Crippen LogP contribution in [0.3, 0.4) is 0 Å². The molecule has 3 rings (SSSR count). The van der Waals surface area contributed by atoms with E-state index in [1.807, 2.05) is 38.1 Å². The Morgan fingerprint density at radius 1 is 1.18 bits per heavy atom. The largest absolute Gasteiger partial charge is 0.480 e. The van der Waals surface area contributed by atoms with Gasteiger partial charge in [0.2, 0.25) is 0 Å². The first kappa shape index (κ1) is 25.0. The van der Waals surface area contributed by atoms with Crippen molar-refractivity contribution in [3.63, 3.8) is 0 Å². The van der Waals surface area contributed by atoms with Gasteiger partial charge in [0, 0.05) is 11.3 Å². The number of hydrogen-bond acceptors (Lipinski definition) is 4. The number of rotatable bonds is 8. The van der Waals surface area contributed by atoms with Gasteiger partial charge in [0.15, 0.2) is 0 Å². The van der Waals surface area contributed by atoms with Crippen LogP contribution in [0.4, 0.5) is 0 Å². The molecule has 0 spiro atoms. The van der Waals surface area contributed by atoms with Gasteiger partial charge in [-0.2, -0.15) is 10.4 Å². The summed E-state index contributed by atoms with van der Waals surface area (Å²) >= 11 is 12.1. The van der Waals surface area contributed by atoms with Crippen LogP contribution in [0.2, 0.25) is 10.0 Å². The Bertz CT molecular complexity index is 1270. The molecule has 0 aliphatic rings. The third kappa shape index (κ3) is 5.66. The maximum atomic E-state index is 12.5. The molecule has 0 saturated carbocycles. The van der Waals surface area contributed by atoms with Gasteiger partial charge in [-0.15, -0.1) is 0 Å². The number of nitriles is 1. The maximum Gasteiger partial charge on any atom is 0.326 e. The monoisotopic (exact) mass is 496 g/mol. The lowest BCUT2D eigenvalue weighted by atomic mass is 10.1. The number of aromatic nitrogens is 2. The predicted molar refractivity (Wildman–Crippen MR) is 131 cm³/mol. The number of aryl methyl sites for hydroxylation is 1. The van der Waals surface area contributed by atoms with E-state index >= 15 is 0 Å². The predicted octanol–water partition coefficient (Wildman–Crippen LogP) is 5.15. The topological polar surface area (TPSA) is 108 Å². The summed E-state index contributed by atoms with van der Waals surface area (Å²) in [6, 6.07) is 13.2. The summed E-state index contributed by atoms with van der Waals surface area (Å²) in [6.07, 6.45) is 3.83. The number of benzene rings is 2. The van der Waals surface area contributed by atoms with Crippen molar-refractivity contribution in [3.8, 4) is 11.8 Å². The van der Waals surface area contributed by atoms with Gasteiger partial charge in [-0.05, 0) is 50.1 Å². The van der Waals surface area contributed by atoms with Gasteiger partial charge in [0.25, 0.3) is 5.91 Å². The van der Waals surface area contributed by atoms with Crippen LogP contribution in [-0.4, -0.2) is 32.8 Å². The average Bonchev–Trinajstić information content (AvgIpc) is 3.07. The molecule has 3 aromatic rings. The summed E-state index contributed by atoms with van der Waals surface area (Å²) in [5, 5.41) is 25.8. The molecule has 34 heavy (non-hydrogen) atoms. The summed E-state index contributed by atoms with van der Waals surface area (Å²) in [6.45, 7) is 3.81. The molecular weight excluding hydrogens is 475 g/mol. The van der Waals surface area contributed by atoms with Gasteiger partial charge in [0.05, 0.1) is 39.5 Å². The molecule has 0 radical (unpaired) electrons. The maximum absolute atomic E-state index is 12.5. The van der Waals surface area contributed by atoms with Crippen LogP contribution >= 0.6 is 23.2 Å². The summed E-state index contributed by atoms with van der Waals surface area (Å²) in [5.74, 6) is -1.82. The Kier molecular flexibility index (Phi) is 8.11. The van der Waals surface area contributed by atoms with E-state index in [1.165, 1.54) is 12.1 Å². The molecule has 2 N–H and O–H groups in total. The Morgan fingerprint density at radius 3 is 2.41 bits per heavy atom. The number of carboxylic acids is 1. The molecule has 7 nitrogen and oxygen atoms in total. The van der Waals surface area contributed by atoms with Crippen molar-refractivity contribution >= 4 is 41.2 Å². The summed E-state index contributed by atoms with van der Waals surface area (Å²) in [5.41, 5.74) is 4.41. The van der Waals surface area contributed by atoms with Gasteiger partial charge in [-0.25, -0.2) is 9.48 Å². The first-order chi connectivity index (χ1) is 16.2. The lowest BCUT2D eigenvalue weighted by molar-refractivity contribution is -0.139. The van der Waals surface area contributed by atoms with Crippen molar-refractivity contribution in [3.05, 3.63) is 86.7 Å². The summed E-state index contributed by atoms with van der Waals surface area (Å²) < 4.78 is 1.80. The van der Waals surface area contributed by atoms with E-state index in [-0.39, 0.29) is 22.0 Å². The van der Waals surface area contributed by atoms with Crippen LogP contribution in [0.1, 0.15) is 39.3 Å².